The summed E-state index contributed by atoms with van der Waals surface area (Å²) in [6.07, 6.45) is 0. The van der Waals surface area contributed by atoms with Crippen molar-refractivity contribution in [1.29, 1.82) is 0 Å². The molecule has 0 fully saturated rings. The average molecular weight is 399 g/mol. The summed E-state index contributed by atoms with van der Waals surface area (Å²) in [5, 5.41) is 6.60. The fraction of sp³-hybridized carbons (Fsp3) is 0.200. The summed E-state index contributed by atoms with van der Waals surface area (Å²) in [7, 11) is 0. The van der Waals surface area contributed by atoms with Crippen molar-refractivity contribution in [1.82, 2.24) is 10.1 Å². The van der Waals surface area contributed by atoms with Crippen LogP contribution >= 0.6 is 11.8 Å². The molecule has 0 radical (unpaired) electrons. The van der Waals surface area contributed by atoms with Gasteiger partial charge in [-0.05, 0) is 37.6 Å². The largest absolute Gasteiger partial charge is 0.338 e. The van der Waals surface area contributed by atoms with Crippen LogP contribution in [0.3, 0.4) is 0 Å². The molecule has 28 heavy (non-hydrogen) atoms. The number of Topliss-reactive ketones (excluding diaryl/α,β-unsaturated/α-hetero) is 1. The highest BCUT2D eigenvalue weighted by Crippen LogP contribution is 2.20. The Kier molecular flexibility index (Phi) is 6.20. The molecule has 1 N–H and O–H groups in total. The second-order valence-electron chi connectivity index (χ2n) is 6.15. The van der Waals surface area contributed by atoms with E-state index in [1.54, 1.807) is 43.3 Å². The van der Waals surface area contributed by atoms with Gasteiger partial charge < -0.3 is 9.84 Å². The Hall–Kier alpha value is -3.00. The highest BCUT2D eigenvalue weighted by atomic mass is 32.2. The summed E-state index contributed by atoms with van der Waals surface area (Å²) in [4.78, 5) is 27.7. The second-order valence-corrected chi connectivity index (χ2v) is 7.14. The minimum absolute atomic E-state index is 0.0638. The van der Waals surface area contributed by atoms with Gasteiger partial charge in [-0.25, -0.2) is 4.39 Å². The molecule has 0 aliphatic heterocycles. The fourth-order valence-corrected chi connectivity index (χ4v) is 3.06. The van der Waals surface area contributed by atoms with Gasteiger partial charge in [-0.1, -0.05) is 29.4 Å². The number of anilines is 1. The molecule has 3 rings (SSSR count). The third-order valence-electron chi connectivity index (χ3n) is 3.91. The summed E-state index contributed by atoms with van der Waals surface area (Å²) in [5.74, 6) is 0.594. The van der Waals surface area contributed by atoms with Crippen molar-refractivity contribution in [3.63, 3.8) is 0 Å². The SMILES string of the molecule is CC(=O)c1cccc(NC(=O)CSCc2nc(-c3ccc(C)c(F)c3)no2)c1. The normalized spacial score (nSPS) is 10.7. The van der Waals surface area contributed by atoms with Crippen LogP contribution < -0.4 is 5.32 Å². The number of carbonyl (C=O) groups excluding carboxylic acids is 2. The zero-order valence-corrected chi connectivity index (χ0v) is 16.2. The predicted molar refractivity (Wildman–Crippen MR) is 106 cm³/mol. The summed E-state index contributed by atoms with van der Waals surface area (Å²) in [5.41, 5.74) is 2.19. The van der Waals surface area contributed by atoms with Gasteiger partial charge in [0.15, 0.2) is 5.78 Å². The third kappa shape index (κ3) is 5.04. The number of aryl methyl sites for hydroxylation is 1. The molecular weight excluding hydrogens is 381 g/mol. The first-order valence-electron chi connectivity index (χ1n) is 8.50. The van der Waals surface area contributed by atoms with Crippen LogP contribution in [0.5, 0.6) is 0 Å². The van der Waals surface area contributed by atoms with Crippen molar-refractivity contribution in [3.8, 4) is 11.4 Å². The van der Waals surface area contributed by atoms with E-state index < -0.39 is 0 Å². The zero-order valence-electron chi connectivity index (χ0n) is 15.4. The van der Waals surface area contributed by atoms with Gasteiger partial charge in [-0.3, -0.25) is 9.59 Å². The molecule has 0 saturated heterocycles. The maximum atomic E-state index is 13.7. The number of hydrogen-bond donors (Lipinski definition) is 1. The Bertz CT molecular complexity index is 1020. The van der Waals surface area contributed by atoms with Crippen molar-refractivity contribution in [2.24, 2.45) is 0 Å². The van der Waals surface area contributed by atoms with E-state index >= 15 is 0 Å². The number of nitrogens with one attached hydrogen (secondary N) is 1. The van der Waals surface area contributed by atoms with Crippen LogP contribution in [-0.4, -0.2) is 27.6 Å². The quantitative estimate of drug-likeness (QED) is 0.598. The van der Waals surface area contributed by atoms with E-state index in [2.05, 4.69) is 15.5 Å². The lowest BCUT2D eigenvalue weighted by Gasteiger charge is -2.05. The second kappa shape index (κ2) is 8.79. The molecule has 1 aromatic heterocycles. The first-order chi connectivity index (χ1) is 13.4. The number of aromatic nitrogens is 2. The van der Waals surface area contributed by atoms with E-state index in [1.165, 1.54) is 24.8 Å². The zero-order chi connectivity index (χ0) is 20.1. The molecule has 3 aromatic rings. The number of halogens is 1. The molecule has 8 heteroatoms. The number of rotatable bonds is 7. The Labute approximate surface area is 165 Å². The third-order valence-corrected chi connectivity index (χ3v) is 4.83. The summed E-state index contributed by atoms with van der Waals surface area (Å²) in [6, 6.07) is 11.5. The van der Waals surface area contributed by atoms with Crippen LogP contribution in [0.2, 0.25) is 0 Å². The molecule has 0 aliphatic rings. The lowest BCUT2D eigenvalue weighted by atomic mass is 10.1. The Morgan fingerprint density at radius 1 is 1.21 bits per heavy atom. The molecule has 2 aromatic carbocycles. The number of thioether (sulfide) groups is 1. The Balaban J connectivity index is 1.52. The monoisotopic (exact) mass is 399 g/mol. The number of hydrogen-bond acceptors (Lipinski definition) is 6. The minimum atomic E-state index is -0.330. The molecule has 0 unspecified atom stereocenters. The van der Waals surface area contributed by atoms with Crippen LogP contribution in [0.4, 0.5) is 10.1 Å². The van der Waals surface area contributed by atoms with Crippen molar-refractivity contribution < 1.29 is 18.5 Å². The van der Waals surface area contributed by atoms with Gasteiger partial charge in [0.25, 0.3) is 0 Å². The van der Waals surface area contributed by atoms with E-state index in [9.17, 15) is 14.0 Å². The van der Waals surface area contributed by atoms with Crippen molar-refractivity contribution in [2.45, 2.75) is 19.6 Å². The van der Waals surface area contributed by atoms with Crippen LogP contribution in [0.25, 0.3) is 11.4 Å². The summed E-state index contributed by atoms with van der Waals surface area (Å²) >= 11 is 1.31. The summed E-state index contributed by atoms with van der Waals surface area (Å²) in [6.45, 7) is 3.15. The number of ketones is 1. The topological polar surface area (TPSA) is 85.1 Å². The lowest BCUT2D eigenvalue weighted by Crippen LogP contribution is -2.14. The van der Waals surface area contributed by atoms with Crippen LogP contribution in [0, 0.1) is 12.7 Å². The molecule has 1 heterocycles. The fourth-order valence-electron chi connectivity index (χ4n) is 2.41. The molecule has 0 spiro atoms. The first kappa shape index (κ1) is 19.8. The van der Waals surface area contributed by atoms with E-state index in [-0.39, 0.29) is 23.3 Å². The summed E-state index contributed by atoms with van der Waals surface area (Å²) < 4.78 is 18.8. The highest BCUT2D eigenvalue weighted by Gasteiger charge is 2.12. The lowest BCUT2D eigenvalue weighted by molar-refractivity contribution is -0.113. The van der Waals surface area contributed by atoms with Crippen LogP contribution in [-0.2, 0) is 10.5 Å². The maximum Gasteiger partial charge on any atom is 0.236 e. The number of amides is 1. The predicted octanol–water partition coefficient (Wildman–Crippen LogP) is 4.26. The standard InChI is InChI=1S/C20H18FN3O3S/c1-12-6-7-15(9-17(12)21)20-23-19(27-24-20)11-28-10-18(26)22-16-5-3-4-14(8-16)13(2)25/h3-9H,10-11H2,1-2H3,(H,22,26). The van der Waals surface area contributed by atoms with Crippen molar-refractivity contribution >= 4 is 29.1 Å². The molecule has 0 aliphatic carbocycles. The van der Waals surface area contributed by atoms with Gasteiger partial charge in [0.2, 0.25) is 17.6 Å². The van der Waals surface area contributed by atoms with Gasteiger partial charge in [0.05, 0.1) is 11.5 Å². The van der Waals surface area contributed by atoms with Crippen molar-refractivity contribution in [2.75, 3.05) is 11.1 Å². The molecule has 1 amide bonds. The van der Waals surface area contributed by atoms with Gasteiger partial charge in [0, 0.05) is 16.8 Å². The Morgan fingerprint density at radius 3 is 2.79 bits per heavy atom. The number of carbonyl (C=O) groups is 2. The average Bonchev–Trinajstić information content (AvgIpc) is 3.13. The Morgan fingerprint density at radius 2 is 2.04 bits per heavy atom. The molecule has 0 bridgehead atoms. The van der Waals surface area contributed by atoms with Gasteiger partial charge in [-0.2, -0.15) is 4.98 Å². The smallest absolute Gasteiger partial charge is 0.236 e. The molecular formula is C20H18FN3O3S. The molecule has 144 valence electrons. The number of nitrogens with zero attached hydrogens (tertiary/aromatic N) is 2. The van der Waals surface area contributed by atoms with Crippen LogP contribution in [0.15, 0.2) is 47.0 Å². The highest BCUT2D eigenvalue weighted by molar-refractivity contribution is 7.99. The van der Waals surface area contributed by atoms with E-state index in [4.69, 9.17) is 4.52 Å². The van der Waals surface area contributed by atoms with E-state index in [1.807, 2.05) is 0 Å². The van der Waals surface area contributed by atoms with Gasteiger partial charge >= 0.3 is 0 Å². The minimum Gasteiger partial charge on any atom is -0.338 e. The maximum absolute atomic E-state index is 13.7. The van der Waals surface area contributed by atoms with E-state index in [0.717, 1.165) is 0 Å². The van der Waals surface area contributed by atoms with E-state index in [0.29, 0.717) is 39.8 Å². The van der Waals surface area contributed by atoms with Crippen LogP contribution in [0.1, 0.15) is 28.7 Å². The van der Waals surface area contributed by atoms with Gasteiger partial charge in [0.1, 0.15) is 5.82 Å². The first-order valence-corrected chi connectivity index (χ1v) is 9.65. The van der Waals surface area contributed by atoms with Gasteiger partial charge in [-0.15, -0.1) is 11.8 Å². The molecule has 0 atom stereocenters. The van der Waals surface area contributed by atoms with Crippen molar-refractivity contribution in [3.05, 3.63) is 65.3 Å². The molecule has 6 nitrogen and oxygen atoms in total. The number of benzene rings is 2. The molecule has 0 saturated carbocycles.